The summed E-state index contributed by atoms with van der Waals surface area (Å²) in [6, 6.07) is 3.79. The molecule has 0 aliphatic heterocycles. The van der Waals surface area contributed by atoms with Crippen LogP contribution in [-0.2, 0) is 16.4 Å². The Balaban J connectivity index is 2.63. The number of thiophene rings is 1. The summed E-state index contributed by atoms with van der Waals surface area (Å²) in [5, 5.41) is 9.63. The van der Waals surface area contributed by atoms with Crippen LogP contribution in [0.5, 0.6) is 0 Å². The zero-order chi connectivity index (χ0) is 11.8. The summed E-state index contributed by atoms with van der Waals surface area (Å²) >= 11 is 1.51. The van der Waals surface area contributed by atoms with Crippen molar-refractivity contribution in [3.63, 3.8) is 0 Å². The van der Waals surface area contributed by atoms with Gasteiger partial charge in [-0.2, -0.15) is 0 Å². The van der Waals surface area contributed by atoms with Crippen LogP contribution in [0.15, 0.2) is 22.7 Å². The molecule has 2 rings (SSSR count). The molecule has 0 saturated carbocycles. The Morgan fingerprint density at radius 2 is 2.19 bits per heavy atom. The summed E-state index contributed by atoms with van der Waals surface area (Å²) in [5.41, 5.74) is 0. The molecule has 2 aromatic heterocycles. The van der Waals surface area contributed by atoms with Gasteiger partial charge < -0.3 is 0 Å². The fourth-order valence-electron chi connectivity index (χ4n) is 1.44. The van der Waals surface area contributed by atoms with Crippen molar-refractivity contribution in [2.75, 3.05) is 6.26 Å². The first-order valence-electron chi connectivity index (χ1n) is 4.71. The third kappa shape index (κ3) is 1.88. The van der Waals surface area contributed by atoms with E-state index in [4.69, 9.17) is 0 Å². The lowest BCUT2D eigenvalue weighted by molar-refractivity contribution is 0.575. The molecule has 86 valence electrons. The standard InChI is InChI=1S/C9H11N3O2S2/c1-3-12-8(7-5-4-6-15-7)10-11-9(12)16(2,13)14/h4-6H,3H2,1-2H3. The highest BCUT2D eigenvalue weighted by atomic mass is 32.2. The van der Waals surface area contributed by atoms with Crippen LogP contribution in [0.1, 0.15) is 6.92 Å². The first-order valence-corrected chi connectivity index (χ1v) is 7.48. The lowest BCUT2D eigenvalue weighted by Crippen LogP contribution is -2.08. The maximum atomic E-state index is 11.5. The summed E-state index contributed by atoms with van der Waals surface area (Å²) in [7, 11) is -3.32. The molecule has 5 nitrogen and oxygen atoms in total. The smallest absolute Gasteiger partial charge is 0.249 e. The van der Waals surface area contributed by atoms with Crippen molar-refractivity contribution in [3.05, 3.63) is 17.5 Å². The van der Waals surface area contributed by atoms with Crippen LogP contribution in [0.3, 0.4) is 0 Å². The second-order valence-corrected chi connectivity index (χ2v) is 6.16. The normalized spacial score (nSPS) is 11.9. The van der Waals surface area contributed by atoms with Crippen LogP contribution < -0.4 is 0 Å². The second kappa shape index (κ2) is 3.99. The van der Waals surface area contributed by atoms with Gasteiger partial charge in [0.05, 0.1) is 4.88 Å². The maximum Gasteiger partial charge on any atom is 0.249 e. The van der Waals surface area contributed by atoms with Gasteiger partial charge in [-0.1, -0.05) is 6.07 Å². The van der Waals surface area contributed by atoms with E-state index in [0.717, 1.165) is 11.1 Å². The quantitative estimate of drug-likeness (QED) is 0.834. The molecule has 0 radical (unpaired) electrons. The highest BCUT2D eigenvalue weighted by Gasteiger charge is 2.20. The number of aromatic nitrogens is 3. The van der Waals surface area contributed by atoms with Gasteiger partial charge in [0.15, 0.2) is 5.82 Å². The molecule has 0 saturated heterocycles. The van der Waals surface area contributed by atoms with Crippen LogP contribution in [0, 0.1) is 0 Å². The summed E-state index contributed by atoms with van der Waals surface area (Å²) in [4.78, 5) is 0.921. The summed E-state index contributed by atoms with van der Waals surface area (Å²) in [6.07, 6.45) is 1.14. The average Bonchev–Trinajstić information content (AvgIpc) is 2.84. The van der Waals surface area contributed by atoms with Gasteiger partial charge in [0.25, 0.3) is 0 Å². The van der Waals surface area contributed by atoms with Gasteiger partial charge in [-0.3, -0.25) is 4.57 Å². The van der Waals surface area contributed by atoms with Crippen molar-refractivity contribution in [1.82, 2.24) is 14.8 Å². The number of rotatable bonds is 3. The molecule has 2 heterocycles. The lowest BCUT2D eigenvalue weighted by atomic mass is 10.4. The lowest BCUT2D eigenvalue weighted by Gasteiger charge is -2.03. The zero-order valence-corrected chi connectivity index (χ0v) is 10.5. The van der Waals surface area contributed by atoms with E-state index in [1.54, 1.807) is 4.57 Å². The number of sulfone groups is 1. The molecule has 0 bridgehead atoms. The van der Waals surface area contributed by atoms with Crippen LogP contribution in [0.25, 0.3) is 10.7 Å². The van der Waals surface area contributed by atoms with Crippen molar-refractivity contribution >= 4 is 21.2 Å². The van der Waals surface area contributed by atoms with Crippen molar-refractivity contribution in [2.45, 2.75) is 18.6 Å². The first-order chi connectivity index (χ1) is 7.54. The number of nitrogens with zero attached hydrogens (tertiary/aromatic N) is 3. The predicted molar refractivity (Wildman–Crippen MR) is 62.1 cm³/mol. The van der Waals surface area contributed by atoms with Crippen molar-refractivity contribution in [3.8, 4) is 10.7 Å². The minimum absolute atomic E-state index is 0.0263. The number of hydrogen-bond donors (Lipinski definition) is 0. The molecular formula is C9H11N3O2S2. The monoisotopic (exact) mass is 257 g/mol. The zero-order valence-electron chi connectivity index (χ0n) is 8.91. The average molecular weight is 257 g/mol. The number of hydrogen-bond acceptors (Lipinski definition) is 5. The molecule has 0 aliphatic carbocycles. The van der Waals surface area contributed by atoms with Gasteiger partial charge in [-0.05, 0) is 18.4 Å². The van der Waals surface area contributed by atoms with Gasteiger partial charge in [0.2, 0.25) is 15.0 Å². The van der Waals surface area contributed by atoms with E-state index < -0.39 is 9.84 Å². The Kier molecular flexibility index (Phi) is 2.81. The molecule has 0 unspecified atom stereocenters. The molecule has 7 heteroatoms. The fourth-order valence-corrected chi connectivity index (χ4v) is 2.96. The van der Waals surface area contributed by atoms with Crippen LogP contribution in [0.2, 0.25) is 0 Å². The highest BCUT2D eigenvalue weighted by Crippen LogP contribution is 2.24. The molecule has 0 aliphatic rings. The third-order valence-electron chi connectivity index (χ3n) is 2.11. The maximum absolute atomic E-state index is 11.5. The van der Waals surface area contributed by atoms with Crippen molar-refractivity contribution in [2.24, 2.45) is 0 Å². The molecule has 0 atom stereocenters. The molecule has 0 aromatic carbocycles. The SMILES string of the molecule is CCn1c(-c2cccs2)nnc1S(C)(=O)=O. The van der Waals surface area contributed by atoms with Gasteiger partial charge >= 0.3 is 0 Å². The van der Waals surface area contributed by atoms with Gasteiger partial charge in [0, 0.05) is 12.8 Å². The Labute approximate surface area is 97.7 Å². The van der Waals surface area contributed by atoms with Crippen LogP contribution in [-0.4, -0.2) is 29.4 Å². The summed E-state index contributed by atoms with van der Waals surface area (Å²) in [6.45, 7) is 2.40. The third-order valence-corrected chi connectivity index (χ3v) is 3.94. The Morgan fingerprint density at radius 1 is 1.44 bits per heavy atom. The minimum Gasteiger partial charge on any atom is -0.298 e. The van der Waals surface area contributed by atoms with E-state index in [1.165, 1.54) is 11.3 Å². The Morgan fingerprint density at radius 3 is 2.69 bits per heavy atom. The molecule has 2 aromatic rings. The van der Waals surface area contributed by atoms with Crippen LogP contribution in [0.4, 0.5) is 0 Å². The molecule has 0 spiro atoms. The van der Waals surface area contributed by atoms with E-state index in [9.17, 15) is 8.42 Å². The summed E-state index contributed by atoms with van der Waals surface area (Å²) in [5.74, 6) is 0.609. The van der Waals surface area contributed by atoms with E-state index >= 15 is 0 Å². The molecule has 0 amide bonds. The molecule has 0 fully saturated rings. The Bertz CT molecular complexity index is 584. The minimum atomic E-state index is -3.32. The van der Waals surface area contributed by atoms with Gasteiger partial charge in [-0.15, -0.1) is 21.5 Å². The molecule has 16 heavy (non-hydrogen) atoms. The predicted octanol–water partition coefficient (Wildman–Crippen LogP) is 1.43. The fraction of sp³-hybridized carbons (Fsp3) is 0.333. The second-order valence-electron chi connectivity index (χ2n) is 3.30. The van der Waals surface area contributed by atoms with Gasteiger partial charge in [-0.25, -0.2) is 8.42 Å². The van der Waals surface area contributed by atoms with E-state index in [1.807, 2.05) is 24.4 Å². The summed E-state index contributed by atoms with van der Waals surface area (Å²) < 4.78 is 24.6. The largest absolute Gasteiger partial charge is 0.298 e. The Hall–Kier alpha value is -1.21. The van der Waals surface area contributed by atoms with Crippen LogP contribution >= 0.6 is 11.3 Å². The van der Waals surface area contributed by atoms with Crippen molar-refractivity contribution < 1.29 is 8.42 Å². The topological polar surface area (TPSA) is 64.8 Å². The van der Waals surface area contributed by atoms with E-state index in [0.29, 0.717) is 12.4 Å². The molecular weight excluding hydrogens is 246 g/mol. The van der Waals surface area contributed by atoms with Gasteiger partial charge in [0.1, 0.15) is 0 Å². The van der Waals surface area contributed by atoms with Crippen molar-refractivity contribution in [1.29, 1.82) is 0 Å². The molecule has 0 N–H and O–H groups in total. The van der Waals surface area contributed by atoms with E-state index in [2.05, 4.69) is 10.2 Å². The highest BCUT2D eigenvalue weighted by molar-refractivity contribution is 7.90. The van der Waals surface area contributed by atoms with E-state index in [-0.39, 0.29) is 5.16 Å². The first kappa shape index (κ1) is 11.3.